The number of likely N-dealkylation sites (N-methyl/N-ethyl adjacent to an activating group) is 1. The number of likely N-dealkylation sites (tertiary alicyclic amines) is 1. The van der Waals surface area contributed by atoms with Crippen molar-refractivity contribution in [2.75, 3.05) is 27.2 Å². The Labute approximate surface area is 96.3 Å². The summed E-state index contributed by atoms with van der Waals surface area (Å²) in [5.74, 6) is -0.805. The number of nitriles is 1. The maximum absolute atomic E-state index is 11.9. The molecular weight excluding hydrogens is 206 g/mol. The third-order valence-electron chi connectivity index (χ3n) is 2.82. The molecule has 0 aromatic carbocycles. The van der Waals surface area contributed by atoms with Crippen LogP contribution in [0.3, 0.4) is 0 Å². The normalized spacial score (nSPS) is 26.9. The van der Waals surface area contributed by atoms with Crippen molar-refractivity contribution in [1.82, 2.24) is 9.80 Å². The van der Waals surface area contributed by atoms with Crippen LogP contribution in [-0.4, -0.2) is 60.1 Å². The molecule has 0 aromatic heterocycles. The van der Waals surface area contributed by atoms with Gasteiger partial charge in [-0.3, -0.25) is 4.79 Å². The molecular formula is C11H19N3O2. The quantitative estimate of drug-likeness (QED) is 0.714. The highest BCUT2D eigenvalue weighted by Gasteiger charge is 2.36. The van der Waals surface area contributed by atoms with Crippen LogP contribution in [-0.2, 0) is 4.79 Å². The lowest BCUT2D eigenvalue weighted by atomic mass is 10.1. The molecule has 5 heteroatoms. The number of nitrogens with zero attached hydrogens (tertiary/aromatic N) is 3. The molecule has 0 saturated carbocycles. The van der Waals surface area contributed by atoms with Gasteiger partial charge in [-0.25, -0.2) is 0 Å². The molecule has 0 spiro atoms. The van der Waals surface area contributed by atoms with Gasteiger partial charge in [0.2, 0.25) is 5.91 Å². The SMILES string of the molecule is CC(C#N)C(=O)N1CC(O)CC1CN(C)C. The average Bonchev–Trinajstić information content (AvgIpc) is 2.56. The molecule has 90 valence electrons. The molecule has 1 aliphatic rings. The van der Waals surface area contributed by atoms with E-state index >= 15 is 0 Å². The van der Waals surface area contributed by atoms with E-state index in [0.717, 1.165) is 6.54 Å². The molecule has 1 N–H and O–H groups in total. The number of β-amino-alcohol motifs (C(OH)–C–C–N with tert-alkyl or cyclic N) is 1. The maximum Gasteiger partial charge on any atom is 0.240 e. The summed E-state index contributed by atoms with van der Waals surface area (Å²) in [4.78, 5) is 15.5. The summed E-state index contributed by atoms with van der Waals surface area (Å²) in [7, 11) is 3.86. The van der Waals surface area contributed by atoms with Gasteiger partial charge < -0.3 is 14.9 Å². The van der Waals surface area contributed by atoms with Gasteiger partial charge in [-0.1, -0.05) is 0 Å². The minimum absolute atomic E-state index is 0.0216. The molecule has 1 amide bonds. The first-order valence-corrected chi connectivity index (χ1v) is 5.48. The van der Waals surface area contributed by atoms with E-state index in [2.05, 4.69) is 0 Å². The van der Waals surface area contributed by atoms with Gasteiger partial charge in [-0.15, -0.1) is 0 Å². The third kappa shape index (κ3) is 2.94. The first-order chi connectivity index (χ1) is 7.45. The first-order valence-electron chi connectivity index (χ1n) is 5.48. The largest absolute Gasteiger partial charge is 0.391 e. The van der Waals surface area contributed by atoms with Crippen LogP contribution >= 0.6 is 0 Å². The van der Waals surface area contributed by atoms with Gasteiger partial charge in [0.15, 0.2) is 0 Å². The highest BCUT2D eigenvalue weighted by molar-refractivity contribution is 5.81. The third-order valence-corrected chi connectivity index (χ3v) is 2.82. The zero-order valence-electron chi connectivity index (χ0n) is 10.1. The minimum Gasteiger partial charge on any atom is -0.391 e. The monoisotopic (exact) mass is 225 g/mol. The molecule has 5 nitrogen and oxygen atoms in total. The summed E-state index contributed by atoms with van der Waals surface area (Å²) in [6.07, 6.45) is 0.141. The smallest absolute Gasteiger partial charge is 0.240 e. The fraction of sp³-hybridized carbons (Fsp3) is 0.818. The summed E-state index contributed by atoms with van der Waals surface area (Å²) in [5, 5.41) is 18.3. The van der Waals surface area contributed by atoms with Crippen LogP contribution in [0.25, 0.3) is 0 Å². The van der Waals surface area contributed by atoms with Crippen molar-refractivity contribution < 1.29 is 9.90 Å². The molecule has 1 heterocycles. The number of hydrogen-bond donors (Lipinski definition) is 1. The Morgan fingerprint density at radius 1 is 1.69 bits per heavy atom. The van der Waals surface area contributed by atoms with Crippen molar-refractivity contribution in [3.8, 4) is 6.07 Å². The molecule has 1 saturated heterocycles. The van der Waals surface area contributed by atoms with Crippen molar-refractivity contribution in [3.63, 3.8) is 0 Å². The van der Waals surface area contributed by atoms with Crippen LogP contribution in [0.15, 0.2) is 0 Å². The molecule has 0 radical (unpaired) electrons. The van der Waals surface area contributed by atoms with E-state index in [1.807, 2.05) is 25.1 Å². The van der Waals surface area contributed by atoms with Crippen molar-refractivity contribution >= 4 is 5.91 Å². The zero-order chi connectivity index (χ0) is 12.3. The molecule has 0 aliphatic carbocycles. The number of aliphatic hydroxyl groups is 1. The molecule has 3 unspecified atom stereocenters. The van der Waals surface area contributed by atoms with Gasteiger partial charge in [-0.05, 0) is 27.4 Å². The van der Waals surface area contributed by atoms with E-state index in [0.29, 0.717) is 13.0 Å². The molecule has 0 bridgehead atoms. The van der Waals surface area contributed by atoms with Crippen LogP contribution in [0.5, 0.6) is 0 Å². The molecule has 0 aromatic rings. The lowest BCUT2D eigenvalue weighted by Crippen LogP contribution is -2.43. The Morgan fingerprint density at radius 3 is 2.81 bits per heavy atom. The Bertz CT molecular complexity index is 298. The van der Waals surface area contributed by atoms with Gasteiger partial charge in [0.05, 0.1) is 12.2 Å². The highest BCUT2D eigenvalue weighted by Crippen LogP contribution is 2.20. The van der Waals surface area contributed by atoms with E-state index in [1.54, 1.807) is 11.8 Å². The van der Waals surface area contributed by atoms with Gasteiger partial charge in [0.25, 0.3) is 0 Å². The lowest BCUT2D eigenvalue weighted by Gasteiger charge is -2.27. The maximum atomic E-state index is 11.9. The first kappa shape index (κ1) is 12.9. The minimum atomic E-state index is -0.630. The summed E-state index contributed by atoms with van der Waals surface area (Å²) in [6.45, 7) is 2.67. The van der Waals surface area contributed by atoms with Crippen LogP contribution < -0.4 is 0 Å². The standard InChI is InChI=1S/C11H19N3O2/c1-8(5-12)11(16)14-7-10(15)4-9(14)6-13(2)3/h8-10,15H,4,6-7H2,1-3H3. The topological polar surface area (TPSA) is 67.6 Å². The average molecular weight is 225 g/mol. The van der Waals surface area contributed by atoms with Gasteiger partial charge >= 0.3 is 0 Å². The Hall–Kier alpha value is -1.12. The van der Waals surface area contributed by atoms with Crippen LogP contribution in [0, 0.1) is 17.2 Å². The van der Waals surface area contributed by atoms with Crippen LogP contribution in [0.2, 0.25) is 0 Å². The fourth-order valence-electron chi connectivity index (χ4n) is 2.06. The summed E-state index contributed by atoms with van der Waals surface area (Å²) >= 11 is 0. The molecule has 3 atom stereocenters. The zero-order valence-corrected chi connectivity index (χ0v) is 10.1. The predicted octanol–water partition coefficient (Wildman–Crippen LogP) is -0.331. The summed E-state index contributed by atoms with van der Waals surface area (Å²) < 4.78 is 0. The molecule has 1 fully saturated rings. The van der Waals surface area contributed by atoms with E-state index in [1.165, 1.54) is 0 Å². The van der Waals surface area contributed by atoms with E-state index in [9.17, 15) is 9.90 Å². The van der Waals surface area contributed by atoms with Gasteiger partial charge in [-0.2, -0.15) is 5.26 Å². The molecule has 16 heavy (non-hydrogen) atoms. The number of aliphatic hydroxyl groups excluding tert-OH is 1. The number of hydrogen-bond acceptors (Lipinski definition) is 4. The fourth-order valence-corrected chi connectivity index (χ4v) is 2.06. The lowest BCUT2D eigenvalue weighted by molar-refractivity contribution is -0.134. The molecule has 1 rings (SSSR count). The summed E-state index contributed by atoms with van der Waals surface area (Å²) in [5.41, 5.74) is 0. The van der Waals surface area contributed by atoms with Crippen LogP contribution in [0.1, 0.15) is 13.3 Å². The Kier molecular flexibility index (Phi) is 4.27. The molecule has 1 aliphatic heterocycles. The van der Waals surface area contributed by atoms with Crippen LogP contribution in [0.4, 0.5) is 0 Å². The van der Waals surface area contributed by atoms with Crippen molar-refractivity contribution in [2.45, 2.75) is 25.5 Å². The van der Waals surface area contributed by atoms with Crippen molar-refractivity contribution in [2.24, 2.45) is 5.92 Å². The predicted molar refractivity (Wildman–Crippen MR) is 59.5 cm³/mol. The van der Waals surface area contributed by atoms with E-state index in [-0.39, 0.29) is 11.9 Å². The second kappa shape index (κ2) is 5.28. The second-order valence-electron chi connectivity index (χ2n) is 4.65. The second-order valence-corrected chi connectivity index (χ2v) is 4.65. The Balaban J connectivity index is 2.70. The number of carbonyl (C=O) groups excluding carboxylic acids is 1. The van der Waals surface area contributed by atoms with Crippen molar-refractivity contribution in [1.29, 1.82) is 5.26 Å². The van der Waals surface area contributed by atoms with E-state index in [4.69, 9.17) is 5.26 Å². The van der Waals surface area contributed by atoms with Gasteiger partial charge in [0.1, 0.15) is 5.92 Å². The highest BCUT2D eigenvalue weighted by atomic mass is 16.3. The number of amides is 1. The van der Waals surface area contributed by atoms with Gasteiger partial charge in [0, 0.05) is 19.1 Å². The summed E-state index contributed by atoms with van der Waals surface area (Å²) in [6, 6.07) is 1.97. The number of rotatable bonds is 3. The number of carbonyl (C=O) groups is 1. The Morgan fingerprint density at radius 2 is 2.31 bits per heavy atom. The van der Waals surface area contributed by atoms with Crippen molar-refractivity contribution in [3.05, 3.63) is 0 Å². The van der Waals surface area contributed by atoms with E-state index < -0.39 is 12.0 Å².